The molecule has 0 aromatic heterocycles. The molecule has 1 aromatic carbocycles. The molecule has 1 nitrogen and oxygen atoms in total. The second-order valence-electron chi connectivity index (χ2n) is 2.83. The molecule has 1 N–H and O–H groups in total. The Balaban J connectivity index is 2.36. The molecule has 0 fully saturated rings. The lowest BCUT2D eigenvalue weighted by molar-refractivity contribution is 0.977. The Kier molecular flexibility index (Phi) is 2.12. The largest absolute Gasteiger partial charge is 0.374 e. The topological polar surface area (TPSA) is 12.0 Å². The fraction of sp³-hybridized carbons (Fsp3) is 0.182. The van der Waals surface area contributed by atoms with Crippen LogP contribution in [0.4, 0.5) is 5.69 Å². The molecule has 2 radical (unpaired) electrons. The van der Waals surface area contributed by atoms with E-state index in [9.17, 15) is 0 Å². The molecule has 2 rings (SSSR count). The molecule has 0 spiro atoms. The highest BCUT2D eigenvalue weighted by Crippen LogP contribution is 2.19. The van der Waals surface area contributed by atoms with Crippen LogP contribution in [0.25, 0.3) is 6.08 Å². The van der Waals surface area contributed by atoms with Crippen LogP contribution in [0, 0.1) is 6.54 Å². The fourth-order valence-electron chi connectivity index (χ4n) is 1.28. The van der Waals surface area contributed by atoms with Gasteiger partial charge in [-0.15, -0.1) is 0 Å². The van der Waals surface area contributed by atoms with Crippen LogP contribution in [-0.2, 0) is 0 Å². The Morgan fingerprint density at radius 1 is 1.25 bits per heavy atom. The van der Waals surface area contributed by atoms with Crippen LogP contribution in [0.1, 0.15) is 18.4 Å². The summed E-state index contributed by atoms with van der Waals surface area (Å²) in [5.74, 6) is 0. The third kappa shape index (κ3) is 1.50. The molecular weight excluding hydrogens is 146 g/mol. The molecule has 1 heteroatoms. The second kappa shape index (κ2) is 3.44. The highest BCUT2D eigenvalue weighted by Gasteiger charge is 1.99. The van der Waals surface area contributed by atoms with E-state index in [1.165, 1.54) is 5.56 Å². The number of hydrogen-bond acceptors (Lipinski definition) is 1. The zero-order valence-corrected chi connectivity index (χ0v) is 6.88. The van der Waals surface area contributed by atoms with Crippen molar-refractivity contribution in [2.24, 2.45) is 0 Å². The van der Waals surface area contributed by atoms with Crippen molar-refractivity contribution in [2.45, 2.75) is 12.8 Å². The van der Waals surface area contributed by atoms with Gasteiger partial charge in [0.2, 0.25) is 0 Å². The average molecular weight is 157 g/mol. The summed E-state index contributed by atoms with van der Waals surface area (Å²) in [6.07, 6.45) is 6.39. The molecule has 1 aliphatic heterocycles. The minimum Gasteiger partial charge on any atom is -0.374 e. The molecule has 0 unspecified atom stereocenters. The number of nitrogens with one attached hydrogen (secondary N) is 1. The van der Waals surface area contributed by atoms with Gasteiger partial charge in [0.1, 0.15) is 0 Å². The molecule has 1 aliphatic rings. The van der Waals surface area contributed by atoms with Gasteiger partial charge in [0, 0.05) is 5.69 Å². The Labute approximate surface area is 73.1 Å². The van der Waals surface area contributed by atoms with E-state index in [-0.39, 0.29) is 0 Å². The number of benzene rings is 1. The van der Waals surface area contributed by atoms with Crippen molar-refractivity contribution >= 4 is 11.8 Å². The van der Waals surface area contributed by atoms with Gasteiger partial charge in [-0.3, -0.25) is 0 Å². The van der Waals surface area contributed by atoms with Crippen LogP contribution in [0.2, 0.25) is 0 Å². The van der Waals surface area contributed by atoms with E-state index >= 15 is 0 Å². The number of hydrogen-bond donors (Lipinski definition) is 1. The van der Waals surface area contributed by atoms with E-state index in [4.69, 9.17) is 0 Å². The Bertz CT molecular complexity index is 289. The quantitative estimate of drug-likeness (QED) is 0.610. The first kappa shape index (κ1) is 7.41. The zero-order valence-electron chi connectivity index (χ0n) is 6.88. The van der Waals surface area contributed by atoms with Crippen LogP contribution < -0.4 is 5.32 Å². The standard InChI is InChI=1S/C11H11N/c1-2-6-10-7-3-4-8-11(10)12-9-5-1/h2-4,6-8,12H,1,5H2/b6-2-. The summed E-state index contributed by atoms with van der Waals surface area (Å²) < 4.78 is 0. The summed E-state index contributed by atoms with van der Waals surface area (Å²) in [7, 11) is 0. The van der Waals surface area contributed by atoms with Crippen molar-refractivity contribution in [2.75, 3.05) is 5.32 Å². The summed E-state index contributed by atoms with van der Waals surface area (Å²) in [5.41, 5.74) is 2.39. The summed E-state index contributed by atoms with van der Waals surface area (Å²) in [4.78, 5) is 0. The molecule has 0 bridgehead atoms. The predicted octanol–water partition coefficient (Wildman–Crippen LogP) is 2.94. The molecule has 1 aromatic rings. The van der Waals surface area contributed by atoms with Crippen LogP contribution in [0.15, 0.2) is 30.3 Å². The molecular formula is C11H11N. The lowest BCUT2D eigenvalue weighted by atomic mass is 10.1. The molecule has 0 saturated carbocycles. The van der Waals surface area contributed by atoms with E-state index < -0.39 is 0 Å². The lowest BCUT2D eigenvalue weighted by Crippen LogP contribution is -1.97. The van der Waals surface area contributed by atoms with Crippen molar-refractivity contribution in [3.8, 4) is 0 Å². The number of fused-ring (bicyclic) bond motifs is 1. The normalized spacial score (nSPS) is 18.3. The van der Waals surface area contributed by atoms with Crippen LogP contribution >= 0.6 is 0 Å². The van der Waals surface area contributed by atoms with Gasteiger partial charge in [0.25, 0.3) is 0 Å². The number of rotatable bonds is 0. The summed E-state index contributed by atoms with van der Waals surface area (Å²) >= 11 is 0. The molecule has 60 valence electrons. The summed E-state index contributed by atoms with van der Waals surface area (Å²) in [5, 5.41) is 3.16. The molecule has 12 heavy (non-hydrogen) atoms. The van der Waals surface area contributed by atoms with Gasteiger partial charge in [0.15, 0.2) is 0 Å². The zero-order chi connectivity index (χ0) is 8.23. The van der Waals surface area contributed by atoms with Gasteiger partial charge in [-0.25, -0.2) is 0 Å². The lowest BCUT2D eigenvalue weighted by Gasteiger charge is -2.09. The van der Waals surface area contributed by atoms with Gasteiger partial charge >= 0.3 is 0 Å². The monoisotopic (exact) mass is 157 g/mol. The minimum absolute atomic E-state index is 0.977. The highest BCUT2D eigenvalue weighted by atomic mass is 14.9. The van der Waals surface area contributed by atoms with Gasteiger partial charge < -0.3 is 5.32 Å². The first-order valence-electron chi connectivity index (χ1n) is 4.21. The molecule has 0 saturated heterocycles. The third-order valence-electron chi connectivity index (χ3n) is 1.92. The van der Waals surface area contributed by atoms with Gasteiger partial charge in [-0.2, -0.15) is 0 Å². The minimum atomic E-state index is 0.977. The molecule has 0 amide bonds. The Hall–Kier alpha value is -1.24. The third-order valence-corrected chi connectivity index (χ3v) is 1.92. The van der Waals surface area contributed by atoms with Crippen LogP contribution in [0.5, 0.6) is 0 Å². The average Bonchev–Trinajstić information content (AvgIpc) is 2.06. The molecule has 1 heterocycles. The molecule has 0 atom stereocenters. The fourth-order valence-corrected chi connectivity index (χ4v) is 1.28. The maximum absolute atomic E-state index is 3.16. The van der Waals surface area contributed by atoms with Crippen molar-refractivity contribution in [3.63, 3.8) is 0 Å². The predicted molar refractivity (Wildman–Crippen MR) is 51.6 cm³/mol. The van der Waals surface area contributed by atoms with Crippen molar-refractivity contribution in [1.82, 2.24) is 0 Å². The smallest absolute Gasteiger partial charge is 0.0883 e. The highest BCUT2D eigenvalue weighted by molar-refractivity contribution is 5.67. The van der Waals surface area contributed by atoms with Gasteiger partial charge in [-0.1, -0.05) is 30.4 Å². The van der Waals surface area contributed by atoms with E-state index in [0.717, 1.165) is 18.5 Å². The van der Waals surface area contributed by atoms with Gasteiger partial charge in [0.05, 0.1) is 6.54 Å². The number of anilines is 1. The maximum Gasteiger partial charge on any atom is 0.0883 e. The maximum atomic E-state index is 3.16. The number of allylic oxidation sites excluding steroid dienone is 1. The van der Waals surface area contributed by atoms with E-state index in [2.05, 4.69) is 36.1 Å². The first-order chi connectivity index (χ1) is 5.97. The number of para-hydroxylation sites is 1. The second-order valence-corrected chi connectivity index (χ2v) is 2.83. The van der Waals surface area contributed by atoms with E-state index in [1.54, 1.807) is 0 Å². The SMILES string of the molecule is [C]1CC/C=C\c2ccccc2N1. The van der Waals surface area contributed by atoms with Gasteiger partial charge in [-0.05, 0) is 24.5 Å². The van der Waals surface area contributed by atoms with E-state index in [1.807, 2.05) is 12.1 Å². The van der Waals surface area contributed by atoms with Crippen LogP contribution in [-0.4, -0.2) is 0 Å². The first-order valence-corrected chi connectivity index (χ1v) is 4.21. The summed E-state index contributed by atoms with van der Waals surface area (Å²) in [6, 6.07) is 8.25. The van der Waals surface area contributed by atoms with E-state index in [0.29, 0.717) is 0 Å². The van der Waals surface area contributed by atoms with Crippen molar-refractivity contribution in [3.05, 3.63) is 42.4 Å². The molecule has 0 aliphatic carbocycles. The van der Waals surface area contributed by atoms with Crippen molar-refractivity contribution < 1.29 is 0 Å². The van der Waals surface area contributed by atoms with Crippen molar-refractivity contribution in [1.29, 1.82) is 0 Å². The van der Waals surface area contributed by atoms with Crippen LogP contribution in [0.3, 0.4) is 0 Å². The Morgan fingerprint density at radius 3 is 3.17 bits per heavy atom. The summed E-state index contributed by atoms with van der Waals surface area (Å²) in [6.45, 7) is 3.14. The Morgan fingerprint density at radius 2 is 2.17 bits per heavy atom.